The van der Waals surface area contributed by atoms with Crippen molar-refractivity contribution in [1.29, 1.82) is 0 Å². The van der Waals surface area contributed by atoms with Crippen LogP contribution in [0.5, 0.6) is 0 Å². The summed E-state index contributed by atoms with van der Waals surface area (Å²) in [5, 5.41) is 0. The van der Waals surface area contributed by atoms with Crippen LogP contribution in [0.25, 0.3) is 0 Å². The lowest BCUT2D eigenvalue weighted by Gasteiger charge is -2.29. The Morgan fingerprint density at radius 1 is 1.31 bits per heavy atom. The van der Waals surface area contributed by atoms with Crippen molar-refractivity contribution in [3.05, 3.63) is 29.3 Å². The van der Waals surface area contributed by atoms with Gasteiger partial charge >= 0.3 is 0 Å². The van der Waals surface area contributed by atoms with Crippen molar-refractivity contribution < 1.29 is 0 Å². The Bertz CT molecular complexity index is 354. The monoisotopic (exact) mass is 218 g/mol. The molecule has 16 heavy (non-hydrogen) atoms. The van der Waals surface area contributed by atoms with Gasteiger partial charge in [0.25, 0.3) is 0 Å². The molecule has 0 bridgehead atoms. The average Bonchev–Trinajstić information content (AvgIpc) is 2.81. The largest absolute Gasteiger partial charge is 0.371 e. The molecule has 0 saturated heterocycles. The fourth-order valence-corrected chi connectivity index (χ4v) is 2.66. The average molecular weight is 218 g/mol. The lowest BCUT2D eigenvalue weighted by atomic mass is 10.1. The van der Waals surface area contributed by atoms with Gasteiger partial charge in [-0.15, -0.1) is 0 Å². The maximum Gasteiger partial charge on any atom is 0.0414 e. The minimum atomic E-state index is 0.632. The van der Waals surface area contributed by atoms with Gasteiger partial charge in [-0.2, -0.15) is 0 Å². The van der Waals surface area contributed by atoms with Crippen LogP contribution in [0.4, 0.5) is 5.69 Å². The molecule has 1 aromatic carbocycles. The predicted molar refractivity (Wildman–Crippen MR) is 69.7 cm³/mol. The summed E-state index contributed by atoms with van der Waals surface area (Å²) in [4.78, 5) is 2.43. The van der Waals surface area contributed by atoms with Crippen LogP contribution in [0.2, 0.25) is 0 Å². The number of nitrogens with zero attached hydrogens (tertiary/aromatic N) is 1. The molecule has 0 heterocycles. The van der Waals surface area contributed by atoms with Crippen molar-refractivity contribution in [3.63, 3.8) is 0 Å². The predicted octanol–water partition coefficient (Wildman–Crippen LogP) is 2.83. The summed E-state index contributed by atoms with van der Waals surface area (Å²) in [6.45, 7) is 2.78. The maximum atomic E-state index is 5.81. The zero-order valence-corrected chi connectivity index (χ0v) is 10.4. The van der Waals surface area contributed by atoms with E-state index in [2.05, 4.69) is 37.1 Å². The van der Waals surface area contributed by atoms with Gasteiger partial charge in [-0.1, -0.05) is 25.0 Å². The van der Waals surface area contributed by atoms with Crippen LogP contribution >= 0.6 is 0 Å². The minimum absolute atomic E-state index is 0.632. The Hall–Kier alpha value is -1.02. The number of hydrogen-bond acceptors (Lipinski definition) is 2. The Kier molecular flexibility index (Phi) is 3.49. The lowest BCUT2D eigenvalue weighted by molar-refractivity contribution is 0.650. The second kappa shape index (κ2) is 4.88. The molecule has 1 aromatic rings. The molecular weight excluding hydrogens is 196 g/mol. The fraction of sp³-hybridized carbons (Fsp3) is 0.571. The van der Waals surface area contributed by atoms with Crippen molar-refractivity contribution in [2.75, 3.05) is 11.9 Å². The SMILES string of the molecule is Cc1ccc(CN)c(N(C)C2CCCC2)c1. The zero-order chi connectivity index (χ0) is 11.5. The summed E-state index contributed by atoms with van der Waals surface area (Å²) >= 11 is 0. The molecule has 88 valence electrons. The van der Waals surface area contributed by atoms with Gasteiger partial charge in [0.2, 0.25) is 0 Å². The number of anilines is 1. The molecule has 0 aromatic heterocycles. The van der Waals surface area contributed by atoms with Crippen molar-refractivity contribution in [2.24, 2.45) is 5.73 Å². The van der Waals surface area contributed by atoms with E-state index in [0.717, 1.165) is 0 Å². The fourth-order valence-electron chi connectivity index (χ4n) is 2.66. The Morgan fingerprint density at radius 2 is 2.00 bits per heavy atom. The molecular formula is C14H22N2. The summed E-state index contributed by atoms with van der Waals surface area (Å²) in [6.07, 6.45) is 5.40. The number of benzene rings is 1. The Labute approximate surface area is 98.4 Å². The molecule has 1 aliphatic rings. The van der Waals surface area contributed by atoms with E-state index in [1.807, 2.05) is 0 Å². The molecule has 2 N–H and O–H groups in total. The van der Waals surface area contributed by atoms with E-state index in [0.29, 0.717) is 12.6 Å². The number of aryl methyl sites for hydroxylation is 1. The molecule has 1 saturated carbocycles. The van der Waals surface area contributed by atoms with E-state index in [1.54, 1.807) is 0 Å². The van der Waals surface area contributed by atoms with Crippen molar-refractivity contribution in [2.45, 2.75) is 45.2 Å². The van der Waals surface area contributed by atoms with Gasteiger partial charge in [0, 0.05) is 25.3 Å². The van der Waals surface area contributed by atoms with Gasteiger partial charge in [-0.05, 0) is 37.0 Å². The summed E-state index contributed by atoms with van der Waals surface area (Å²) < 4.78 is 0. The molecule has 0 spiro atoms. The van der Waals surface area contributed by atoms with Crippen LogP contribution in [0.3, 0.4) is 0 Å². The minimum Gasteiger partial charge on any atom is -0.371 e. The zero-order valence-electron chi connectivity index (χ0n) is 10.4. The molecule has 0 amide bonds. The highest BCUT2D eigenvalue weighted by Crippen LogP contribution is 2.29. The lowest BCUT2D eigenvalue weighted by Crippen LogP contribution is -2.30. The Balaban J connectivity index is 2.26. The van der Waals surface area contributed by atoms with Gasteiger partial charge in [0.1, 0.15) is 0 Å². The molecule has 0 atom stereocenters. The number of hydrogen-bond donors (Lipinski definition) is 1. The molecule has 0 unspecified atom stereocenters. The highest BCUT2D eigenvalue weighted by atomic mass is 15.1. The van der Waals surface area contributed by atoms with E-state index in [4.69, 9.17) is 5.73 Å². The number of nitrogens with two attached hydrogens (primary N) is 1. The van der Waals surface area contributed by atoms with Gasteiger partial charge in [-0.25, -0.2) is 0 Å². The first-order valence-electron chi connectivity index (χ1n) is 6.25. The first-order chi connectivity index (χ1) is 7.72. The highest BCUT2D eigenvalue weighted by molar-refractivity contribution is 5.55. The van der Waals surface area contributed by atoms with Crippen LogP contribution in [0, 0.1) is 6.92 Å². The molecule has 2 nitrogen and oxygen atoms in total. The third-order valence-corrected chi connectivity index (χ3v) is 3.71. The van der Waals surface area contributed by atoms with Crippen LogP contribution in [-0.2, 0) is 6.54 Å². The van der Waals surface area contributed by atoms with Crippen LogP contribution in [0.1, 0.15) is 36.8 Å². The first kappa shape index (κ1) is 11.5. The molecule has 1 fully saturated rings. The van der Waals surface area contributed by atoms with E-state index < -0.39 is 0 Å². The van der Waals surface area contributed by atoms with Crippen molar-refractivity contribution in [1.82, 2.24) is 0 Å². The quantitative estimate of drug-likeness (QED) is 0.845. The first-order valence-corrected chi connectivity index (χ1v) is 6.25. The third-order valence-electron chi connectivity index (χ3n) is 3.71. The highest BCUT2D eigenvalue weighted by Gasteiger charge is 2.21. The smallest absolute Gasteiger partial charge is 0.0414 e. The summed E-state index contributed by atoms with van der Waals surface area (Å²) in [5.41, 5.74) is 9.72. The molecule has 2 heteroatoms. The third kappa shape index (κ3) is 2.22. The molecule has 0 radical (unpaired) electrons. The standard InChI is InChI=1S/C14H22N2/c1-11-7-8-12(10-15)14(9-11)16(2)13-5-3-4-6-13/h7-9,13H,3-6,10,15H2,1-2H3. The van der Waals surface area contributed by atoms with E-state index in [-0.39, 0.29) is 0 Å². The van der Waals surface area contributed by atoms with E-state index in [1.165, 1.54) is 42.5 Å². The van der Waals surface area contributed by atoms with E-state index in [9.17, 15) is 0 Å². The normalized spacial score (nSPS) is 16.7. The molecule has 0 aliphatic heterocycles. The number of rotatable bonds is 3. The topological polar surface area (TPSA) is 29.3 Å². The second-order valence-electron chi connectivity index (χ2n) is 4.89. The van der Waals surface area contributed by atoms with Crippen molar-refractivity contribution >= 4 is 5.69 Å². The van der Waals surface area contributed by atoms with Crippen LogP contribution in [0.15, 0.2) is 18.2 Å². The second-order valence-corrected chi connectivity index (χ2v) is 4.89. The summed E-state index contributed by atoms with van der Waals surface area (Å²) in [7, 11) is 2.21. The van der Waals surface area contributed by atoms with Crippen molar-refractivity contribution in [3.8, 4) is 0 Å². The van der Waals surface area contributed by atoms with Crippen LogP contribution < -0.4 is 10.6 Å². The maximum absolute atomic E-state index is 5.81. The summed E-state index contributed by atoms with van der Waals surface area (Å²) in [5.74, 6) is 0. The van der Waals surface area contributed by atoms with Gasteiger partial charge < -0.3 is 10.6 Å². The van der Waals surface area contributed by atoms with Gasteiger partial charge in [-0.3, -0.25) is 0 Å². The van der Waals surface area contributed by atoms with Gasteiger partial charge in [0.15, 0.2) is 0 Å². The van der Waals surface area contributed by atoms with Crippen LogP contribution in [-0.4, -0.2) is 13.1 Å². The molecule has 2 rings (SSSR count). The Morgan fingerprint density at radius 3 is 2.62 bits per heavy atom. The summed E-state index contributed by atoms with van der Waals surface area (Å²) in [6, 6.07) is 7.29. The van der Waals surface area contributed by atoms with E-state index >= 15 is 0 Å². The molecule has 1 aliphatic carbocycles. The van der Waals surface area contributed by atoms with Gasteiger partial charge in [0.05, 0.1) is 0 Å².